The number of piperazine rings is 1. The summed E-state index contributed by atoms with van der Waals surface area (Å²) in [5, 5.41) is 0. The molecule has 1 aromatic rings. The van der Waals surface area contributed by atoms with Crippen LogP contribution in [0.4, 0.5) is 5.69 Å². The smallest absolute Gasteiger partial charge is 0.246 e. The first-order chi connectivity index (χ1) is 13.6. The number of anilines is 1. The fourth-order valence-corrected chi connectivity index (χ4v) is 4.87. The third-order valence-corrected chi connectivity index (χ3v) is 6.42. The summed E-state index contributed by atoms with van der Waals surface area (Å²) in [7, 11) is 0. The standard InChI is InChI=1S/C22H29N3O3/c26-20-16-24(14-15-25(20)17-8-2-1-3-9-17)22(28)19-11-5-4-10-18(19)21(27)23-12-6-7-13-23/h1-3,8-9,18-19H,4-7,10-16H2/t18-,19+/m0/s1. The number of likely N-dealkylation sites (tertiary alicyclic amines) is 1. The number of amides is 3. The van der Waals surface area contributed by atoms with Gasteiger partial charge in [-0.2, -0.15) is 0 Å². The topological polar surface area (TPSA) is 60.9 Å². The van der Waals surface area contributed by atoms with Gasteiger partial charge in [0.25, 0.3) is 0 Å². The molecule has 1 aliphatic carbocycles. The van der Waals surface area contributed by atoms with E-state index in [2.05, 4.69) is 0 Å². The maximum atomic E-state index is 13.3. The zero-order valence-electron chi connectivity index (χ0n) is 16.4. The highest BCUT2D eigenvalue weighted by atomic mass is 16.2. The Bertz CT molecular complexity index is 730. The van der Waals surface area contributed by atoms with Crippen LogP contribution >= 0.6 is 0 Å². The van der Waals surface area contributed by atoms with Gasteiger partial charge in [-0.1, -0.05) is 31.0 Å². The Labute approximate surface area is 166 Å². The van der Waals surface area contributed by atoms with E-state index < -0.39 is 0 Å². The summed E-state index contributed by atoms with van der Waals surface area (Å²) in [6, 6.07) is 9.59. The van der Waals surface area contributed by atoms with Gasteiger partial charge in [-0.05, 0) is 37.8 Å². The molecule has 2 saturated heterocycles. The van der Waals surface area contributed by atoms with Crippen LogP contribution < -0.4 is 4.90 Å². The minimum Gasteiger partial charge on any atom is -0.342 e. The van der Waals surface area contributed by atoms with Crippen molar-refractivity contribution in [3.63, 3.8) is 0 Å². The van der Waals surface area contributed by atoms with E-state index in [0.717, 1.165) is 57.3 Å². The van der Waals surface area contributed by atoms with E-state index in [4.69, 9.17) is 0 Å². The lowest BCUT2D eigenvalue weighted by atomic mass is 9.77. The Kier molecular flexibility index (Phi) is 5.64. The number of rotatable bonds is 3. The van der Waals surface area contributed by atoms with Crippen molar-refractivity contribution in [1.82, 2.24) is 9.80 Å². The molecule has 28 heavy (non-hydrogen) atoms. The molecule has 1 saturated carbocycles. The first-order valence-electron chi connectivity index (χ1n) is 10.6. The largest absolute Gasteiger partial charge is 0.342 e. The molecule has 0 spiro atoms. The second kappa shape index (κ2) is 8.33. The third kappa shape index (κ3) is 3.77. The highest BCUT2D eigenvalue weighted by Gasteiger charge is 2.41. The van der Waals surface area contributed by atoms with Crippen LogP contribution in [0.5, 0.6) is 0 Å². The molecule has 6 heteroatoms. The summed E-state index contributed by atoms with van der Waals surface area (Å²) >= 11 is 0. The molecular weight excluding hydrogens is 354 g/mol. The van der Waals surface area contributed by atoms with Gasteiger partial charge in [-0.25, -0.2) is 0 Å². The number of benzene rings is 1. The van der Waals surface area contributed by atoms with Crippen molar-refractivity contribution < 1.29 is 14.4 Å². The monoisotopic (exact) mass is 383 g/mol. The van der Waals surface area contributed by atoms with Crippen molar-refractivity contribution in [3.8, 4) is 0 Å². The maximum absolute atomic E-state index is 13.3. The van der Waals surface area contributed by atoms with Crippen molar-refractivity contribution in [2.75, 3.05) is 37.6 Å². The number of nitrogens with zero attached hydrogens (tertiary/aromatic N) is 3. The predicted octanol–water partition coefficient (Wildman–Crippen LogP) is 2.29. The Morgan fingerprint density at radius 2 is 1.36 bits per heavy atom. The van der Waals surface area contributed by atoms with Crippen LogP contribution in [0, 0.1) is 11.8 Å². The zero-order valence-corrected chi connectivity index (χ0v) is 16.4. The summed E-state index contributed by atoms with van der Waals surface area (Å²) in [4.78, 5) is 44.3. The number of carbonyl (C=O) groups is 3. The second-order valence-corrected chi connectivity index (χ2v) is 8.17. The Morgan fingerprint density at radius 3 is 1.96 bits per heavy atom. The quantitative estimate of drug-likeness (QED) is 0.805. The van der Waals surface area contributed by atoms with Crippen LogP contribution in [-0.2, 0) is 14.4 Å². The van der Waals surface area contributed by atoms with Crippen LogP contribution in [0.1, 0.15) is 38.5 Å². The van der Waals surface area contributed by atoms with Gasteiger partial charge in [0, 0.05) is 43.7 Å². The molecular formula is C22H29N3O3. The molecule has 3 aliphatic rings. The molecule has 2 heterocycles. The lowest BCUT2D eigenvalue weighted by Gasteiger charge is -2.39. The molecule has 0 aromatic heterocycles. The zero-order chi connectivity index (χ0) is 19.5. The first kappa shape index (κ1) is 19.0. The average Bonchev–Trinajstić information content (AvgIpc) is 3.28. The summed E-state index contributed by atoms with van der Waals surface area (Å²) in [5.74, 6) is -0.369. The van der Waals surface area contributed by atoms with Crippen molar-refractivity contribution in [2.45, 2.75) is 38.5 Å². The molecule has 1 aromatic carbocycles. The molecule has 0 N–H and O–H groups in total. The van der Waals surface area contributed by atoms with E-state index >= 15 is 0 Å². The fourth-order valence-electron chi connectivity index (χ4n) is 4.87. The molecule has 2 atom stereocenters. The summed E-state index contributed by atoms with van der Waals surface area (Å²) in [6.45, 7) is 2.79. The van der Waals surface area contributed by atoms with E-state index in [9.17, 15) is 14.4 Å². The van der Waals surface area contributed by atoms with E-state index in [1.54, 1.807) is 9.80 Å². The van der Waals surface area contributed by atoms with Crippen LogP contribution in [0.3, 0.4) is 0 Å². The number of carbonyl (C=O) groups excluding carboxylic acids is 3. The number of hydrogen-bond acceptors (Lipinski definition) is 3. The van der Waals surface area contributed by atoms with Crippen LogP contribution in [0.25, 0.3) is 0 Å². The van der Waals surface area contributed by atoms with Gasteiger partial charge < -0.3 is 14.7 Å². The molecule has 3 fully saturated rings. The number of hydrogen-bond donors (Lipinski definition) is 0. The molecule has 0 unspecified atom stereocenters. The SMILES string of the molecule is O=C([C@H]1CCCC[C@H]1C(=O)N1CCN(c2ccccc2)C(=O)C1)N1CCCC1. The highest BCUT2D eigenvalue weighted by Crippen LogP contribution is 2.34. The first-order valence-corrected chi connectivity index (χ1v) is 10.6. The van der Waals surface area contributed by atoms with Crippen molar-refractivity contribution >= 4 is 23.4 Å². The van der Waals surface area contributed by atoms with E-state index in [-0.39, 0.29) is 36.1 Å². The second-order valence-electron chi connectivity index (χ2n) is 8.17. The molecule has 0 bridgehead atoms. The van der Waals surface area contributed by atoms with Gasteiger partial charge in [0.1, 0.15) is 6.54 Å². The highest BCUT2D eigenvalue weighted by molar-refractivity contribution is 5.98. The van der Waals surface area contributed by atoms with Gasteiger partial charge in [0.05, 0.1) is 0 Å². The summed E-state index contributed by atoms with van der Waals surface area (Å²) in [6.07, 6.45) is 5.67. The Morgan fingerprint density at radius 1 is 0.750 bits per heavy atom. The minimum absolute atomic E-state index is 0.00157. The molecule has 150 valence electrons. The number of para-hydroxylation sites is 1. The van der Waals surface area contributed by atoms with E-state index in [1.807, 2.05) is 35.2 Å². The van der Waals surface area contributed by atoms with Gasteiger partial charge in [-0.15, -0.1) is 0 Å². The van der Waals surface area contributed by atoms with Crippen LogP contribution in [0.15, 0.2) is 30.3 Å². The minimum atomic E-state index is -0.266. The normalized spacial score (nSPS) is 25.9. The van der Waals surface area contributed by atoms with E-state index in [1.165, 1.54) is 0 Å². The lowest BCUT2D eigenvalue weighted by Crippen LogP contribution is -2.55. The third-order valence-electron chi connectivity index (χ3n) is 6.42. The average molecular weight is 383 g/mol. The summed E-state index contributed by atoms with van der Waals surface area (Å²) in [5.41, 5.74) is 0.874. The molecule has 6 nitrogen and oxygen atoms in total. The molecule has 4 rings (SSSR count). The van der Waals surface area contributed by atoms with Gasteiger partial charge in [0.2, 0.25) is 17.7 Å². The van der Waals surface area contributed by atoms with Gasteiger partial charge in [-0.3, -0.25) is 14.4 Å². The van der Waals surface area contributed by atoms with Crippen LogP contribution in [0.2, 0.25) is 0 Å². The van der Waals surface area contributed by atoms with Gasteiger partial charge >= 0.3 is 0 Å². The van der Waals surface area contributed by atoms with Crippen molar-refractivity contribution in [2.24, 2.45) is 11.8 Å². The Hall–Kier alpha value is -2.37. The van der Waals surface area contributed by atoms with Crippen molar-refractivity contribution in [1.29, 1.82) is 0 Å². The Balaban J connectivity index is 1.43. The molecule has 0 radical (unpaired) electrons. The molecule has 2 aliphatic heterocycles. The summed E-state index contributed by atoms with van der Waals surface area (Å²) < 4.78 is 0. The lowest BCUT2D eigenvalue weighted by molar-refractivity contribution is -0.149. The van der Waals surface area contributed by atoms with Crippen molar-refractivity contribution in [3.05, 3.63) is 30.3 Å². The maximum Gasteiger partial charge on any atom is 0.246 e. The predicted molar refractivity (Wildman–Crippen MR) is 107 cm³/mol. The van der Waals surface area contributed by atoms with Gasteiger partial charge in [0.15, 0.2) is 0 Å². The molecule has 3 amide bonds. The van der Waals surface area contributed by atoms with Crippen LogP contribution in [-0.4, -0.2) is 60.2 Å². The van der Waals surface area contributed by atoms with E-state index in [0.29, 0.717) is 13.1 Å². The fraction of sp³-hybridized carbons (Fsp3) is 0.591.